The van der Waals surface area contributed by atoms with Crippen LogP contribution in [0.3, 0.4) is 0 Å². The molecule has 12 heavy (non-hydrogen) atoms. The predicted octanol–water partition coefficient (Wildman–Crippen LogP) is 0.402. The second kappa shape index (κ2) is 3.36. The summed E-state index contributed by atoms with van der Waals surface area (Å²) in [6, 6.07) is 0. The molecule has 0 saturated carbocycles. The van der Waals surface area contributed by atoms with E-state index < -0.39 is 5.91 Å². The maximum atomic E-state index is 11.0. The molecule has 0 aliphatic rings. The molecule has 1 heterocycles. The van der Waals surface area contributed by atoms with Crippen LogP contribution in [-0.2, 0) is 0 Å². The van der Waals surface area contributed by atoms with Gasteiger partial charge < -0.3 is 4.42 Å². The third-order valence-electron chi connectivity index (χ3n) is 1.47. The molecule has 0 spiro atoms. The number of hydrogen-bond acceptors (Lipinski definition) is 4. The molecule has 0 aliphatic heterocycles. The molecular formula is C7H11N3O2. The fourth-order valence-corrected chi connectivity index (χ4v) is 0.904. The van der Waals surface area contributed by atoms with Crippen molar-refractivity contribution in [3.63, 3.8) is 0 Å². The number of nitrogens with two attached hydrogens (primary N) is 1. The minimum atomic E-state index is -0.424. The molecule has 0 fully saturated rings. The number of carbonyl (C=O) groups excluding carboxylic acids is 1. The number of hydrogen-bond donors (Lipinski definition) is 2. The van der Waals surface area contributed by atoms with Gasteiger partial charge in [-0.1, -0.05) is 13.8 Å². The van der Waals surface area contributed by atoms with Gasteiger partial charge in [0.2, 0.25) is 0 Å². The third-order valence-corrected chi connectivity index (χ3v) is 1.47. The number of rotatable bonds is 2. The van der Waals surface area contributed by atoms with E-state index in [0.29, 0.717) is 5.76 Å². The molecule has 1 aromatic heterocycles. The fourth-order valence-electron chi connectivity index (χ4n) is 0.904. The average molecular weight is 169 g/mol. The summed E-state index contributed by atoms with van der Waals surface area (Å²) in [5.41, 5.74) is 2.26. The summed E-state index contributed by atoms with van der Waals surface area (Å²) in [5.74, 6) is 5.21. The zero-order valence-electron chi connectivity index (χ0n) is 7.00. The monoisotopic (exact) mass is 169 g/mol. The first-order valence-electron chi connectivity index (χ1n) is 3.61. The Bertz CT molecular complexity index is 280. The maximum absolute atomic E-state index is 11.0. The molecule has 0 unspecified atom stereocenters. The van der Waals surface area contributed by atoms with E-state index in [4.69, 9.17) is 10.3 Å². The van der Waals surface area contributed by atoms with Crippen molar-refractivity contribution in [3.8, 4) is 0 Å². The first-order valence-corrected chi connectivity index (χ1v) is 3.61. The Balaban J connectivity index is 2.99. The van der Waals surface area contributed by atoms with Crippen molar-refractivity contribution in [1.29, 1.82) is 0 Å². The lowest BCUT2D eigenvalue weighted by molar-refractivity contribution is 0.0947. The van der Waals surface area contributed by atoms with Gasteiger partial charge in [-0.2, -0.15) is 0 Å². The molecule has 1 rings (SSSR count). The van der Waals surface area contributed by atoms with Gasteiger partial charge >= 0.3 is 0 Å². The third kappa shape index (κ3) is 1.45. The Hall–Kier alpha value is -1.36. The van der Waals surface area contributed by atoms with Crippen LogP contribution >= 0.6 is 0 Å². The molecular weight excluding hydrogens is 158 g/mol. The SMILES string of the molecule is CC(C)c1ocnc1C(=O)NN. The highest BCUT2D eigenvalue weighted by molar-refractivity contribution is 5.92. The second-order valence-corrected chi connectivity index (χ2v) is 2.69. The van der Waals surface area contributed by atoms with E-state index in [0.717, 1.165) is 0 Å². The van der Waals surface area contributed by atoms with Gasteiger partial charge in [-0.15, -0.1) is 0 Å². The second-order valence-electron chi connectivity index (χ2n) is 2.69. The molecule has 0 aliphatic carbocycles. The summed E-state index contributed by atoms with van der Waals surface area (Å²) in [7, 11) is 0. The van der Waals surface area contributed by atoms with Crippen molar-refractivity contribution >= 4 is 5.91 Å². The highest BCUT2D eigenvalue weighted by atomic mass is 16.3. The summed E-state index contributed by atoms with van der Waals surface area (Å²) in [6.45, 7) is 3.82. The van der Waals surface area contributed by atoms with Crippen LogP contribution in [0, 0.1) is 0 Å². The van der Waals surface area contributed by atoms with E-state index >= 15 is 0 Å². The number of nitrogen functional groups attached to an aromatic ring is 1. The van der Waals surface area contributed by atoms with Crippen LogP contribution in [-0.4, -0.2) is 10.9 Å². The summed E-state index contributed by atoms with van der Waals surface area (Å²) in [4.78, 5) is 14.8. The van der Waals surface area contributed by atoms with Gasteiger partial charge in [-0.25, -0.2) is 10.8 Å². The lowest BCUT2D eigenvalue weighted by Gasteiger charge is -2.01. The number of nitrogens with one attached hydrogen (secondary N) is 1. The molecule has 5 heteroatoms. The Labute approximate surface area is 69.9 Å². The first-order chi connectivity index (χ1) is 5.66. The molecule has 1 amide bonds. The minimum Gasteiger partial charge on any atom is -0.447 e. The Morgan fingerprint density at radius 2 is 2.42 bits per heavy atom. The number of carbonyl (C=O) groups is 1. The molecule has 66 valence electrons. The molecule has 5 nitrogen and oxygen atoms in total. The van der Waals surface area contributed by atoms with Crippen molar-refractivity contribution in [1.82, 2.24) is 10.4 Å². The van der Waals surface area contributed by atoms with Crippen molar-refractivity contribution in [2.45, 2.75) is 19.8 Å². The molecule has 0 aromatic carbocycles. The van der Waals surface area contributed by atoms with Gasteiger partial charge in [0.05, 0.1) is 0 Å². The van der Waals surface area contributed by atoms with E-state index in [1.807, 2.05) is 19.3 Å². The van der Waals surface area contributed by atoms with Crippen molar-refractivity contribution in [2.24, 2.45) is 5.84 Å². The predicted molar refractivity (Wildman–Crippen MR) is 42.2 cm³/mol. The fraction of sp³-hybridized carbons (Fsp3) is 0.429. The first kappa shape index (κ1) is 8.73. The Kier molecular flexibility index (Phi) is 2.44. The van der Waals surface area contributed by atoms with Crippen molar-refractivity contribution in [3.05, 3.63) is 17.8 Å². The molecule has 1 aromatic rings. The molecule has 0 atom stereocenters. The number of nitrogens with zero attached hydrogens (tertiary/aromatic N) is 1. The van der Waals surface area contributed by atoms with Gasteiger partial charge in [0, 0.05) is 5.92 Å². The molecule has 0 saturated heterocycles. The lowest BCUT2D eigenvalue weighted by atomic mass is 10.1. The smallest absolute Gasteiger partial charge is 0.287 e. The van der Waals surface area contributed by atoms with Crippen LogP contribution in [0.2, 0.25) is 0 Å². The Morgan fingerprint density at radius 1 is 1.75 bits per heavy atom. The van der Waals surface area contributed by atoms with Crippen LogP contribution in [0.5, 0.6) is 0 Å². The molecule has 0 radical (unpaired) electrons. The van der Waals surface area contributed by atoms with Gasteiger partial charge in [-0.3, -0.25) is 10.2 Å². The van der Waals surface area contributed by atoms with Crippen LogP contribution < -0.4 is 11.3 Å². The minimum absolute atomic E-state index is 0.125. The zero-order chi connectivity index (χ0) is 9.14. The van der Waals surface area contributed by atoms with Crippen LogP contribution in [0.25, 0.3) is 0 Å². The summed E-state index contributed by atoms with van der Waals surface area (Å²) < 4.78 is 5.02. The number of hydrazine groups is 1. The molecule has 3 N–H and O–H groups in total. The van der Waals surface area contributed by atoms with Crippen molar-refractivity contribution < 1.29 is 9.21 Å². The van der Waals surface area contributed by atoms with Gasteiger partial charge in [0.25, 0.3) is 5.91 Å². The van der Waals surface area contributed by atoms with Crippen molar-refractivity contribution in [2.75, 3.05) is 0 Å². The van der Waals surface area contributed by atoms with Crippen LogP contribution in [0.4, 0.5) is 0 Å². The van der Waals surface area contributed by atoms with E-state index in [1.165, 1.54) is 6.39 Å². The van der Waals surface area contributed by atoms with Gasteiger partial charge in [0.1, 0.15) is 5.76 Å². The highest BCUT2D eigenvalue weighted by Gasteiger charge is 2.17. The van der Waals surface area contributed by atoms with E-state index in [9.17, 15) is 4.79 Å². The maximum Gasteiger partial charge on any atom is 0.287 e. The number of aromatic nitrogens is 1. The average Bonchev–Trinajstić information content (AvgIpc) is 2.50. The quantitative estimate of drug-likeness (QED) is 0.381. The topological polar surface area (TPSA) is 81.2 Å². The normalized spacial score (nSPS) is 10.3. The molecule has 0 bridgehead atoms. The number of oxazole rings is 1. The lowest BCUT2D eigenvalue weighted by Crippen LogP contribution is -2.31. The van der Waals surface area contributed by atoms with Crippen LogP contribution in [0.15, 0.2) is 10.8 Å². The van der Waals surface area contributed by atoms with Gasteiger partial charge in [-0.05, 0) is 0 Å². The van der Waals surface area contributed by atoms with Gasteiger partial charge in [0.15, 0.2) is 12.1 Å². The van der Waals surface area contributed by atoms with E-state index in [1.54, 1.807) is 0 Å². The van der Waals surface area contributed by atoms with Crippen LogP contribution in [0.1, 0.15) is 36.0 Å². The summed E-state index contributed by atoms with van der Waals surface area (Å²) in [6.07, 6.45) is 1.24. The highest BCUT2D eigenvalue weighted by Crippen LogP contribution is 2.17. The largest absolute Gasteiger partial charge is 0.447 e. The summed E-state index contributed by atoms with van der Waals surface area (Å²) >= 11 is 0. The van der Waals surface area contributed by atoms with E-state index in [-0.39, 0.29) is 11.6 Å². The standard InChI is InChI=1S/C7H11N3O2/c1-4(2)6-5(7(11)10-8)9-3-12-6/h3-4H,8H2,1-2H3,(H,10,11). The Morgan fingerprint density at radius 3 is 2.92 bits per heavy atom. The summed E-state index contributed by atoms with van der Waals surface area (Å²) in [5, 5.41) is 0. The van der Waals surface area contributed by atoms with E-state index in [2.05, 4.69) is 4.98 Å². The number of amides is 1. The zero-order valence-corrected chi connectivity index (χ0v) is 7.00.